The number of hydrogen-bond donors (Lipinski definition) is 0. The zero-order valence-electron chi connectivity index (χ0n) is 11.2. The Bertz CT molecular complexity index is 359. The van der Waals surface area contributed by atoms with Gasteiger partial charge in [-0.2, -0.15) is 4.98 Å². The number of hydrogen-bond acceptors (Lipinski definition) is 3. The molecule has 90 valence electrons. The van der Waals surface area contributed by atoms with Crippen molar-refractivity contribution in [2.24, 2.45) is 0 Å². The first kappa shape index (κ1) is 12.9. The summed E-state index contributed by atoms with van der Waals surface area (Å²) in [5.74, 6) is 2.34. The molecule has 0 unspecified atom stereocenters. The first-order chi connectivity index (χ1) is 7.47. The van der Waals surface area contributed by atoms with E-state index >= 15 is 0 Å². The first-order valence-electron chi connectivity index (χ1n) is 5.98. The van der Waals surface area contributed by atoms with Crippen LogP contribution in [-0.2, 0) is 0 Å². The number of rotatable bonds is 4. The van der Waals surface area contributed by atoms with Crippen LogP contribution in [0, 0.1) is 6.92 Å². The molecule has 1 aromatic rings. The average Bonchev–Trinajstić information content (AvgIpc) is 2.16. The molecule has 0 fully saturated rings. The summed E-state index contributed by atoms with van der Waals surface area (Å²) in [6.07, 6.45) is 0. The minimum absolute atomic E-state index is 0.388. The molecular formula is C13H22N2O. The Morgan fingerprint density at radius 2 is 1.69 bits per heavy atom. The summed E-state index contributed by atoms with van der Waals surface area (Å²) in [5.41, 5.74) is 2.27. The Morgan fingerprint density at radius 1 is 1.06 bits per heavy atom. The predicted octanol–water partition coefficient (Wildman–Crippen LogP) is 3.43. The molecule has 0 atom stereocenters. The van der Waals surface area contributed by atoms with Crippen LogP contribution in [0.5, 0.6) is 5.88 Å². The van der Waals surface area contributed by atoms with Crippen molar-refractivity contribution in [3.8, 4) is 5.88 Å². The molecule has 0 spiro atoms. The maximum Gasteiger partial charge on any atom is 0.220 e. The lowest BCUT2D eigenvalue weighted by molar-refractivity contribution is 0.318. The highest BCUT2D eigenvalue weighted by Gasteiger charge is 2.19. The van der Waals surface area contributed by atoms with E-state index in [4.69, 9.17) is 4.74 Å². The summed E-state index contributed by atoms with van der Waals surface area (Å²) in [7, 11) is 0. The molecule has 0 saturated heterocycles. The normalized spacial score (nSPS) is 11.2. The van der Waals surface area contributed by atoms with E-state index in [0.717, 1.165) is 23.0 Å². The van der Waals surface area contributed by atoms with E-state index in [-0.39, 0.29) is 0 Å². The fourth-order valence-electron chi connectivity index (χ4n) is 1.81. The lowest BCUT2D eigenvalue weighted by Gasteiger charge is -2.18. The smallest absolute Gasteiger partial charge is 0.220 e. The number of ether oxygens (including phenoxy) is 1. The summed E-state index contributed by atoms with van der Waals surface area (Å²) in [5, 5.41) is 0. The second-order valence-electron chi connectivity index (χ2n) is 4.62. The molecule has 0 aliphatic rings. The molecule has 0 bridgehead atoms. The van der Waals surface area contributed by atoms with Crippen LogP contribution >= 0.6 is 0 Å². The first-order valence-corrected chi connectivity index (χ1v) is 5.98. The lowest BCUT2D eigenvalue weighted by atomic mass is 9.96. The predicted molar refractivity (Wildman–Crippen MR) is 66.1 cm³/mol. The van der Waals surface area contributed by atoms with Gasteiger partial charge in [-0.25, -0.2) is 4.98 Å². The third-order valence-electron chi connectivity index (χ3n) is 2.46. The molecule has 0 aromatic carbocycles. The molecule has 0 N–H and O–H groups in total. The molecule has 3 heteroatoms. The van der Waals surface area contributed by atoms with Crippen molar-refractivity contribution >= 4 is 0 Å². The minimum atomic E-state index is 0.388. The van der Waals surface area contributed by atoms with Crippen LogP contribution in [-0.4, -0.2) is 16.6 Å². The van der Waals surface area contributed by atoms with E-state index in [1.165, 1.54) is 0 Å². The van der Waals surface area contributed by atoms with Gasteiger partial charge in [0.15, 0.2) is 0 Å². The maximum absolute atomic E-state index is 5.62. The third kappa shape index (κ3) is 2.71. The van der Waals surface area contributed by atoms with Crippen molar-refractivity contribution in [1.29, 1.82) is 0 Å². The van der Waals surface area contributed by atoms with Crippen molar-refractivity contribution in [2.45, 2.75) is 53.4 Å². The molecule has 16 heavy (non-hydrogen) atoms. The van der Waals surface area contributed by atoms with Crippen LogP contribution in [0.25, 0.3) is 0 Å². The average molecular weight is 222 g/mol. The Balaban J connectivity index is 3.35. The molecule has 1 aromatic heterocycles. The van der Waals surface area contributed by atoms with E-state index in [2.05, 4.69) is 37.7 Å². The highest BCUT2D eigenvalue weighted by Crippen LogP contribution is 2.31. The highest BCUT2D eigenvalue weighted by atomic mass is 16.5. The van der Waals surface area contributed by atoms with Crippen molar-refractivity contribution in [3.05, 3.63) is 17.1 Å². The van der Waals surface area contributed by atoms with Gasteiger partial charge in [-0.15, -0.1) is 0 Å². The fourth-order valence-corrected chi connectivity index (χ4v) is 1.81. The van der Waals surface area contributed by atoms with E-state index in [1.54, 1.807) is 0 Å². The van der Waals surface area contributed by atoms with Crippen LogP contribution in [0.2, 0.25) is 0 Å². The largest absolute Gasteiger partial charge is 0.478 e. The van der Waals surface area contributed by atoms with Gasteiger partial charge in [-0.3, -0.25) is 0 Å². The summed E-state index contributed by atoms with van der Waals surface area (Å²) in [6.45, 7) is 13.2. The van der Waals surface area contributed by atoms with Crippen molar-refractivity contribution in [2.75, 3.05) is 6.61 Å². The lowest BCUT2D eigenvalue weighted by Crippen LogP contribution is -2.10. The zero-order valence-corrected chi connectivity index (χ0v) is 11.2. The molecule has 0 aliphatic heterocycles. The molecule has 1 rings (SSSR count). The summed E-state index contributed by atoms with van der Waals surface area (Å²) in [4.78, 5) is 8.94. The Morgan fingerprint density at radius 3 is 2.12 bits per heavy atom. The zero-order chi connectivity index (χ0) is 12.3. The topological polar surface area (TPSA) is 35.0 Å². The van der Waals surface area contributed by atoms with E-state index in [9.17, 15) is 0 Å². The van der Waals surface area contributed by atoms with Crippen LogP contribution in [0.4, 0.5) is 0 Å². The fraction of sp³-hybridized carbons (Fsp3) is 0.692. The number of aromatic nitrogens is 2. The summed E-state index contributed by atoms with van der Waals surface area (Å²) < 4.78 is 5.62. The van der Waals surface area contributed by atoms with Crippen LogP contribution in [0.1, 0.15) is 63.5 Å². The van der Waals surface area contributed by atoms with Crippen molar-refractivity contribution in [1.82, 2.24) is 9.97 Å². The molecule has 0 radical (unpaired) electrons. The highest BCUT2D eigenvalue weighted by molar-refractivity contribution is 5.35. The van der Waals surface area contributed by atoms with Crippen LogP contribution in [0.15, 0.2) is 0 Å². The minimum Gasteiger partial charge on any atom is -0.478 e. The van der Waals surface area contributed by atoms with Gasteiger partial charge in [0.1, 0.15) is 5.82 Å². The Labute approximate surface area is 98.3 Å². The third-order valence-corrected chi connectivity index (χ3v) is 2.46. The quantitative estimate of drug-likeness (QED) is 0.782. The monoisotopic (exact) mass is 222 g/mol. The second-order valence-corrected chi connectivity index (χ2v) is 4.62. The van der Waals surface area contributed by atoms with Crippen LogP contribution in [0.3, 0.4) is 0 Å². The molecule has 0 amide bonds. The van der Waals surface area contributed by atoms with E-state index < -0.39 is 0 Å². The maximum atomic E-state index is 5.62. The van der Waals surface area contributed by atoms with Gasteiger partial charge >= 0.3 is 0 Å². The van der Waals surface area contributed by atoms with Crippen molar-refractivity contribution < 1.29 is 4.74 Å². The number of aryl methyl sites for hydroxylation is 1. The molecule has 3 nitrogen and oxygen atoms in total. The standard InChI is InChI=1S/C13H22N2O/c1-7-16-13-11(8(2)3)12(9(4)5)14-10(6)15-13/h8-9H,7H2,1-6H3. The number of nitrogens with zero attached hydrogens (tertiary/aromatic N) is 2. The second kappa shape index (κ2) is 5.28. The molecule has 0 saturated carbocycles. The van der Waals surface area contributed by atoms with Gasteiger partial charge in [0.05, 0.1) is 12.3 Å². The van der Waals surface area contributed by atoms with Crippen LogP contribution < -0.4 is 4.74 Å². The van der Waals surface area contributed by atoms with E-state index in [0.29, 0.717) is 18.4 Å². The van der Waals surface area contributed by atoms with Gasteiger partial charge in [0.25, 0.3) is 0 Å². The Hall–Kier alpha value is -1.12. The summed E-state index contributed by atoms with van der Waals surface area (Å²) >= 11 is 0. The summed E-state index contributed by atoms with van der Waals surface area (Å²) in [6, 6.07) is 0. The van der Waals surface area contributed by atoms with Gasteiger partial charge in [-0.05, 0) is 25.7 Å². The van der Waals surface area contributed by atoms with Gasteiger partial charge in [0.2, 0.25) is 5.88 Å². The molecular weight excluding hydrogens is 200 g/mol. The van der Waals surface area contributed by atoms with Crippen molar-refractivity contribution in [3.63, 3.8) is 0 Å². The molecule has 0 aliphatic carbocycles. The Kier molecular flexibility index (Phi) is 4.27. The SMILES string of the molecule is CCOc1nc(C)nc(C(C)C)c1C(C)C. The van der Waals surface area contributed by atoms with Gasteiger partial charge in [0, 0.05) is 5.56 Å². The van der Waals surface area contributed by atoms with E-state index in [1.807, 2.05) is 13.8 Å². The molecule has 1 heterocycles. The van der Waals surface area contributed by atoms with Gasteiger partial charge < -0.3 is 4.74 Å². The van der Waals surface area contributed by atoms with Gasteiger partial charge in [-0.1, -0.05) is 27.7 Å².